The fraction of sp³-hybridized carbons (Fsp3) is 0.900. The number of hydrogen-bond donors (Lipinski definition) is 4. The van der Waals surface area contributed by atoms with E-state index < -0.39 is 43.3 Å². The smallest absolute Gasteiger partial charge is 0.340 e. The van der Waals surface area contributed by atoms with Crippen LogP contribution in [0.4, 0.5) is 4.79 Å². The van der Waals surface area contributed by atoms with Crippen LogP contribution < -0.4 is 5.32 Å². The SMILES string of the molecule is CO[C@H]1O[C@H](CO)[C@@H](O)[C@H](O)[C@H]1NC(=O)N(CCCl)N=O. The van der Waals surface area contributed by atoms with E-state index in [0.717, 1.165) is 0 Å². The zero-order valence-corrected chi connectivity index (χ0v) is 12.0. The van der Waals surface area contributed by atoms with E-state index in [1.54, 1.807) is 0 Å². The van der Waals surface area contributed by atoms with Gasteiger partial charge in [0.2, 0.25) is 0 Å². The zero-order chi connectivity index (χ0) is 16.0. The molecule has 0 aromatic heterocycles. The highest BCUT2D eigenvalue weighted by molar-refractivity contribution is 6.18. The molecule has 1 rings (SSSR count). The third-order valence-electron chi connectivity index (χ3n) is 3.03. The van der Waals surface area contributed by atoms with Gasteiger partial charge in [0.1, 0.15) is 24.4 Å². The molecule has 0 spiro atoms. The maximum Gasteiger partial charge on any atom is 0.340 e. The monoisotopic (exact) mass is 327 g/mol. The lowest BCUT2D eigenvalue weighted by Crippen LogP contribution is -2.65. The van der Waals surface area contributed by atoms with Gasteiger partial charge < -0.3 is 30.1 Å². The van der Waals surface area contributed by atoms with Crippen molar-refractivity contribution in [2.24, 2.45) is 5.29 Å². The van der Waals surface area contributed by atoms with E-state index in [9.17, 15) is 19.9 Å². The lowest BCUT2D eigenvalue weighted by molar-refractivity contribution is -0.261. The Morgan fingerprint density at radius 1 is 1.48 bits per heavy atom. The van der Waals surface area contributed by atoms with Crippen molar-refractivity contribution >= 4 is 17.6 Å². The largest absolute Gasteiger partial charge is 0.394 e. The quantitative estimate of drug-likeness (QED) is 0.261. The molecule has 0 aromatic rings. The average Bonchev–Trinajstić information content (AvgIpc) is 2.49. The van der Waals surface area contributed by atoms with E-state index in [1.165, 1.54) is 7.11 Å². The lowest BCUT2D eigenvalue weighted by atomic mass is 9.97. The number of aliphatic hydroxyl groups is 3. The van der Waals surface area contributed by atoms with E-state index >= 15 is 0 Å². The highest BCUT2D eigenvalue weighted by Gasteiger charge is 2.45. The molecule has 0 radical (unpaired) electrons. The number of nitrogens with zero attached hydrogens (tertiary/aromatic N) is 2. The predicted octanol–water partition coefficient (Wildman–Crippen LogP) is -1.63. The summed E-state index contributed by atoms with van der Waals surface area (Å²) in [5, 5.41) is 34.1. The molecule has 0 aliphatic carbocycles. The molecule has 1 aliphatic rings. The summed E-state index contributed by atoms with van der Waals surface area (Å²) in [6.07, 6.45) is -5.07. The highest BCUT2D eigenvalue weighted by atomic mass is 35.5. The Labute approximate surface area is 125 Å². The van der Waals surface area contributed by atoms with Gasteiger partial charge in [0.15, 0.2) is 6.29 Å². The van der Waals surface area contributed by atoms with Gasteiger partial charge in [-0.25, -0.2) is 4.79 Å². The topological polar surface area (TPSA) is 141 Å². The molecule has 5 atom stereocenters. The number of nitrogens with one attached hydrogen (secondary N) is 1. The van der Waals surface area contributed by atoms with E-state index in [-0.39, 0.29) is 12.4 Å². The van der Waals surface area contributed by atoms with Crippen LogP contribution in [0.2, 0.25) is 0 Å². The first-order chi connectivity index (χ1) is 9.99. The molecule has 0 saturated carbocycles. The summed E-state index contributed by atoms with van der Waals surface area (Å²) in [7, 11) is 1.26. The number of urea groups is 1. The van der Waals surface area contributed by atoms with Crippen LogP contribution in [0.3, 0.4) is 0 Å². The summed E-state index contributed by atoms with van der Waals surface area (Å²) in [5.74, 6) is -0.00814. The van der Waals surface area contributed by atoms with Crippen molar-refractivity contribution in [2.75, 3.05) is 26.1 Å². The van der Waals surface area contributed by atoms with Gasteiger partial charge in [-0.2, -0.15) is 5.01 Å². The van der Waals surface area contributed by atoms with Gasteiger partial charge >= 0.3 is 6.03 Å². The Bertz CT molecular complexity index is 360. The van der Waals surface area contributed by atoms with E-state index in [2.05, 4.69) is 10.6 Å². The van der Waals surface area contributed by atoms with Crippen molar-refractivity contribution in [1.82, 2.24) is 10.3 Å². The second-order valence-electron chi connectivity index (χ2n) is 4.31. The highest BCUT2D eigenvalue weighted by Crippen LogP contribution is 2.21. The molecule has 122 valence electrons. The third kappa shape index (κ3) is 4.22. The summed E-state index contributed by atoms with van der Waals surface area (Å²) >= 11 is 5.42. The first-order valence-corrected chi connectivity index (χ1v) is 6.66. The number of carbonyl (C=O) groups excluding carboxylic acids is 1. The van der Waals surface area contributed by atoms with Crippen molar-refractivity contribution in [1.29, 1.82) is 0 Å². The van der Waals surface area contributed by atoms with Gasteiger partial charge in [0.25, 0.3) is 0 Å². The summed E-state index contributed by atoms with van der Waals surface area (Å²) in [6, 6.07) is -2.07. The van der Waals surface area contributed by atoms with Crippen LogP contribution >= 0.6 is 11.6 Å². The molecule has 0 aromatic carbocycles. The Hall–Kier alpha value is -1.04. The van der Waals surface area contributed by atoms with Crippen LogP contribution in [0.5, 0.6) is 0 Å². The standard InChI is InChI=1S/C10H18ClN3O7/c1-20-9-6(8(17)7(16)5(4-15)21-9)12-10(18)14(13-19)3-2-11/h5-9,15-17H,2-4H2,1H3,(H,12,18)/t5-,6-,7-,8-,9+/m1/s1. The van der Waals surface area contributed by atoms with Crippen LogP contribution in [-0.4, -0.2) is 83.1 Å². The van der Waals surface area contributed by atoms with Crippen molar-refractivity contribution in [2.45, 2.75) is 30.6 Å². The summed E-state index contributed by atoms with van der Waals surface area (Å²) < 4.78 is 10.2. The number of amides is 2. The van der Waals surface area contributed by atoms with Crippen LogP contribution in [0, 0.1) is 4.91 Å². The molecule has 2 amide bonds. The number of nitroso groups, excluding NO2 is 1. The average molecular weight is 328 g/mol. The second kappa shape index (κ2) is 8.41. The minimum atomic E-state index is -1.46. The van der Waals surface area contributed by atoms with Crippen molar-refractivity contribution in [3.8, 4) is 0 Å². The van der Waals surface area contributed by atoms with Crippen LogP contribution in [-0.2, 0) is 9.47 Å². The molecule has 1 heterocycles. The number of methoxy groups -OCH3 is 1. The summed E-state index contributed by atoms with van der Waals surface area (Å²) in [6.45, 7) is -0.660. The number of alkyl halides is 1. The van der Waals surface area contributed by atoms with Crippen LogP contribution in [0.15, 0.2) is 5.29 Å². The van der Waals surface area contributed by atoms with Gasteiger partial charge in [0.05, 0.1) is 18.4 Å². The first-order valence-electron chi connectivity index (χ1n) is 6.12. The zero-order valence-electron chi connectivity index (χ0n) is 11.3. The fourth-order valence-electron chi connectivity index (χ4n) is 1.91. The fourth-order valence-corrected chi connectivity index (χ4v) is 2.07. The molecule has 11 heteroatoms. The maximum atomic E-state index is 11.8. The number of hydrogen-bond acceptors (Lipinski definition) is 8. The molecule has 0 unspecified atom stereocenters. The number of carbonyl (C=O) groups is 1. The van der Waals surface area contributed by atoms with E-state index in [0.29, 0.717) is 5.01 Å². The van der Waals surface area contributed by atoms with Gasteiger partial charge in [-0.15, -0.1) is 16.5 Å². The Morgan fingerprint density at radius 3 is 2.62 bits per heavy atom. The second-order valence-corrected chi connectivity index (χ2v) is 4.69. The number of ether oxygens (including phenoxy) is 2. The van der Waals surface area contributed by atoms with Crippen LogP contribution in [0.25, 0.3) is 0 Å². The number of rotatable bonds is 6. The molecule has 0 bridgehead atoms. The lowest BCUT2D eigenvalue weighted by Gasteiger charge is -2.41. The molecular weight excluding hydrogens is 310 g/mol. The van der Waals surface area contributed by atoms with Gasteiger partial charge in [-0.3, -0.25) is 0 Å². The van der Waals surface area contributed by atoms with E-state index in [4.69, 9.17) is 26.2 Å². The van der Waals surface area contributed by atoms with Gasteiger partial charge in [-0.05, 0) is 0 Å². The predicted molar refractivity (Wildman–Crippen MR) is 70.3 cm³/mol. The van der Waals surface area contributed by atoms with E-state index in [1.807, 2.05) is 0 Å². The summed E-state index contributed by atoms with van der Waals surface area (Å²) in [5.41, 5.74) is 0. The Morgan fingerprint density at radius 2 is 2.14 bits per heavy atom. The Balaban J connectivity index is 2.79. The van der Waals surface area contributed by atoms with Crippen LogP contribution in [0.1, 0.15) is 0 Å². The van der Waals surface area contributed by atoms with Crippen molar-refractivity contribution in [3.63, 3.8) is 0 Å². The number of aliphatic hydroxyl groups excluding tert-OH is 3. The first kappa shape index (κ1) is 18.0. The van der Waals surface area contributed by atoms with Crippen molar-refractivity contribution in [3.05, 3.63) is 4.91 Å². The van der Waals surface area contributed by atoms with Gasteiger partial charge in [0, 0.05) is 13.0 Å². The normalized spacial score (nSPS) is 32.5. The van der Waals surface area contributed by atoms with Gasteiger partial charge in [-0.1, -0.05) is 0 Å². The minimum Gasteiger partial charge on any atom is -0.394 e. The van der Waals surface area contributed by atoms with Crippen molar-refractivity contribution < 1.29 is 29.6 Å². The summed E-state index contributed by atoms with van der Waals surface area (Å²) in [4.78, 5) is 22.3. The molecule has 4 N–H and O–H groups in total. The number of halogens is 1. The Kier molecular flexibility index (Phi) is 7.22. The molecule has 1 aliphatic heterocycles. The molecular formula is C10H18ClN3O7. The maximum absolute atomic E-state index is 11.8. The molecule has 1 fully saturated rings. The molecule has 1 saturated heterocycles. The molecule has 21 heavy (non-hydrogen) atoms. The minimum absolute atomic E-state index is 0.00814. The molecule has 10 nitrogen and oxygen atoms in total. The third-order valence-corrected chi connectivity index (χ3v) is 3.20.